The second-order valence-corrected chi connectivity index (χ2v) is 4.41. The van der Waals surface area contributed by atoms with E-state index in [9.17, 15) is 18.7 Å². The highest BCUT2D eigenvalue weighted by Gasteiger charge is 2.22. The molecule has 0 spiro atoms. The summed E-state index contributed by atoms with van der Waals surface area (Å²) in [6.07, 6.45) is -0.205. The molecule has 0 bridgehead atoms. The molecule has 21 heavy (non-hydrogen) atoms. The average molecular weight is 290 g/mol. The predicted octanol–water partition coefficient (Wildman–Crippen LogP) is 2.79. The fourth-order valence-electron chi connectivity index (χ4n) is 2.12. The molecule has 1 aromatic heterocycles. The minimum atomic E-state index is -1.33. The monoisotopic (exact) mass is 290 g/mol. The van der Waals surface area contributed by atoms with Gasteiger partial charge in [0.25, 0.3) is 0 Å². The highest BCUT2D eigenvalue weighted by atomic mass is 19.1. The molecule has 0 saturated heterocycles. The number of nitrogens with zero attached hydrogens (tertiary/aromatic N) is 2. The predicted molar refractivity (Wildman–Crippen MR) is 67.9 cm³/mol. The minimum absolute atomic E-state index is 0.0674. The second kappa shape index (κ2) is 4.93. The Morgan fingerprint density at radius 3 is 2.76 bits per heavy atom. The van der Waals surface area contributed by atoms with Crippen molar-refractivity contribution >= 4 is 17.1 Å². The summed E-state index contributed by atoms with van der Waals surface area (Å²) in [4.78, 5) is 11.3. The van der Waals surface area contributed by atoms with E-state index in [0.717, 1.165) is 6.07 Å². The molecule has 106 valence electrons. The first kappa shape index (κ1) is 13.2. The van der Waals surface area contributed by atoms with Crippen molar-refractivity contribution < 1.29 is 23.2 Å². The molecule has 0 aliphatic carbocycles. The number of aromatic carboxylic acids is 1. The minimum Gasteiger partial charge on any atom is -0.478 e. The van der Waals surface area contributed by atoms with Crippen LogP contribution in [0.15, 0.2) is 34.9 Å². The van der Waals surface area contributed by atoms with Crippen LogP contribution in [-0.2, 0) is 6.42 Å². The van der Waals surface area contributed by atoms with E-state index in [1.807, 2.05) is 0 Å². The van der Waals surface area contributed by atoms with Gasteiger partial charge in [-0.2, -0.15) is 0 Å². The fraction of sp³-hybridized carbons (Fsp3) is 0.0714. The number of rotatable bonds is 3. The molecule has 3 rings (SSSR count). The summed E-state index contributed by atoms with van der Waals surface area (Å²) in [5.41, 5.74) is -0.513. The molecule has 5 nitrogen and oxygen atoms in total. The van der Waals surface area contributed by atoms with E-state index in [1.165, 1.54) is 18.2 Å². The van der Waals surface area contributed by atoms with Crippen molar-refractivity contribution in [2.45, 2.75) is 6.42 Å². The van der Waals surface area contributed by atoms with Gasteiger partial charge in [0.15, 0.2) is 16.9 Å². The Balaban J connectivity index is 2.20. The van der Waals surface area contributed by atoms with E-state index in [4.69, 9.17) is 0 Å². The molecule has 0 saturated carbocycles. The van der Waals surface area contributed by atoms with Crippen LogP contribution < -0.4 is 0 Å². The first-order valence-electron chi connectivity index (χ1n) is 5.98. The quantitative estimate of drug-likeness (QED) is 0.802. The summed E-state index contributed by atoms with van der Waals surface area (Å²) in [6, 6.07) is 6.91. The van der Waals surface area contributed by atoms with E-state index in [-0.39, 0.29) is 34.2 Å². The van der Waals surface area contributed by atoms with Gasteiger partial charge in [-0.05, 0) is 11.6 Å². The van der Waals surface area contributed by atoms with Crippen LogP contribution in [0.5, 0.6) is 0 Å². The molecule has 0 aliphatic heterocycles. The van der Waals surface area contributed by atoms with Crippen LogP contribution in [0.25, 0.3) is 11.1 Å². The van der Waals surface area contributed by atoms with E-state index in [2.05, 4.69) is 14.9 Å². The van der Waals surface area contributed by atoms with Gasteiger partial charge >= 0.3 is 5.97 Å². The zero-order valence-electron chi connectivity index (χ0n) is 10.5. The third kappa shape index (κ3) is 2.22. The van der Waals surface area contributed by atoms with Crippen LogP contribution in [-0.4, -0.2) is 21.4 Å². The van der Waals surface area contributed by atoms with Gasteiger partial charge in [-0.25, -0.2) is 13.6 Å². The normalized spacial score (nSPS) is 11.0. The number of halogens is 2. The SMILES string of the molecule is O=C(O)c1cc2onnc2c(F)c1Cc1ccccc1F. The van der Waals surface area contributed by atoms with Crippen molar-refractivity contribution in [1.29, 1.82) is 0 Å². The second-order valence-electron chi connectivity index (χ2n) is 4.41. The summed E-state index contributed by atoms with van der Waals surface area (Å²) in [5.74, 6) is -2.74. The molecule has 1 heterocycles. The molecular weight excluding hydrogens is 282 g/mol. The van der Waals surface area contributed by atoms with E-state index < -0.39 is 17.6 Å². The number of hydrogen-bond donors (Lipinski definition) is 1. The molecule has 2 aromatic carbocycles. The Morgan fingerprint density at radius 2 is 2.05 bits per heavy atom. The Hall–Kier alpha value is -2.83. The van der Waals surface area contributed by atoms with Crippen LogP contribution in [0.3, 0.4) is 0 Å². The van der Waals surface area contributed by atoms with Gasteiger partial charge in [0.05, 0.1) is 5.56 Å². The zero-order valence-corrected chi connectivity index (χ0v) is 10.5. The van der Waals surface area contributed by atoms with Gasteiger partial charge in [0.2, 0.25) is 0 Å². The van der Waals surface area contributed by atoms with Crippen LogP contribution in [0.4, 0.5) is 8.78 Å². The van der Waals surface area contributed by atoms with Crippen molar-refractivity contribution in [2.24, 2.45) is 0 Å². The summed E-state index contributed by atoms with van der Waals surface area (Å²) < 4.78 is 32.7. The summed E-state index contributed by atoms with van der Waals surface area (Å²) in [6.45, 7) is 0. The van der Waals surface area contributed by atoms with Gasteiger partial charge in [-0.1, -0.05) is 18.2 Å². The highest BCUT2D eigenvalue weighted by molar-refractivity contribution is 5.94. The molecule has 0 amide bonds. The maximum Gasteiger partial charge on any atom is 0.336 e. The van der Waals surface area contributed by atoms with Gasteiger partial charge in [0.1, 0.15) is 5.82 Å². The molecule has 3 aromatic rings. The Kier molecular flexibility index (Phi) is 3.09. The Labute approximate surface area is 116 Å². The van der Waals surface area contributed by atoms with E-state index in [0.29, 0.717) is 0 Å². The molecule has 7 heteroatoms. The molecule has 0 aliphatic rings. The van der Waals surface area contributed by atoms with Crippen LogP contribution >= 0.6 is 0 Å². The molecule has 0 atom stereocenters. The lowest BCUT2D eigenvalue weighted by Crippen LogP contribution is -2.07. The van der Waals surface area contributed by atoms with Crippen molar-refractivity contribution in [3.8, 4) is 0 Å². The maximum absolute atomic E-state index is 14.4. The molecule has 0 unspecified atom stereocenters. The molecule has 0 radical (unpaired) electrons. The Morgan fingerprint density at radius 1 is 1.29 bits per heavy atom. The van der Waals surface area contributed by atoms with E-state index >= 15 is 0 Å². The van der Waals surface area contributed by atoms with Gasteiger partial charge < -0.3 is 9.63 Å². The van der Waals surface area contributed by atoms with Gasteiger partial charge in [-0.3, -0.25) is 0 Å². The lowest BCUT2D eigenvalue weighted by molar-refractivity contribution is 0.0695. The maximum atomic E-state index is 14.4. The van der Waals surface area contributed by atoms with Crippen LogP contribution in [0, 0.1) is 11.6 Å². The fourth-order valence-corrected chi connectivity index (χ4v) is 2.12. The number of hydrogen-bond acceptors (Lipinski definition) is 4. The van der Waals surface area contributed by atoms with Crippen molar-refractivity contribution in [2.75, 3.05) is 0 Å². The van der Waals surface area contributed by atoms with Crippen molar-refractivity contribution in [1.82, 2.24) is 10.4 Å². The molecular formula is C14H8F2N2O3. The number of fused-ring (bicyclic) bond motifs is 1. The highest BCUT2D eigenvalue weighted by Crippen LogP contribution is 2.26. The number of carboxylic acids is 1. The topological polar surface area (TPSA) is 76.2 Å². The lowest BCUT2D eigenvalue weighted by Gasteiger charge is -2.08. The number of carbonyl (C=O) groups is 1. The summed E-state index contributed by atoms with van der Waals surface area (Å²) >= 11 is 0. The molecule has 0 fully saturated rings. The largest absolute Gasteiger partial charge is 0.478 e. The average Bonchev–Trinajstić information content (AvgIpc) is 2.92. The standard InChI is InChI=1S/C14H8F2N2O3/c15-10-4-2-1-3-7(10)5-8-9(14(19)20)6-11-13(12(8)16)17-18-21-11/h1-4,6H,5H2,(H,19,20). The summed E-state index contributed by atoms with van der Waals surface area (Å²) in [7, 11) is 0. The van der Waals surface area contributed by atoms with Crippen molar-refractivity contribution in [3.05, 3.63) is 58.7 Å². The third-order valence-electron chi connectivity index (χ3n) is 3.14. The molecule has 1 N–H and O–H groups in total. The van der Waals surface area contributed by atoms with Gasteiger partial charge in [-0.15, -0.1) is 5.10 Å². The first-order chi connectivity index (χ1) is 10.1. The lowest BCUT2D eigenvalue weighted by atomic mass is 9.98. The van der Waals surface area contributed by atoms with Gasteiger partial charge in [0, 0.05) is 23.3 Å². The summed E-state index contributed by atoms with van der Waals surface area (Å²) in [5, 5.41) is 15.9. The number of carboxylic acid groups (broad SMARTS) is 1. The Bertz CT molecular complexity index is 845. The number of aromatic nitrogens is 2. The van der Waals surface area contributed by atoms with Crippen LogP contribution in [0.2, 0.25) is 0 Å². The van der Waals surface area contributed by atoms with Crippen molar-refractivity contribution in [3.63, 3.8) is 0 Å². The number of benzene rings is 2. The van der Waals surface area contributed by atoms with E-state index in [1.54, 1.807) is 6.07 Å². The third-order valence-corrected chi connectivity index (χ3v) is 3.14. The first-order valence-corrected chi connectivity index (χ1v) is 5.98. The smallest absolute Gasteiger partial charge is 0.336 e. The van der Waals surface area contributed by atoms with Crippen LogP contribution in [0.1, 0.15) is 21.5 Å². The zero-order chi connectivity index (χ0) is 15.0.